The highest BCUT2D eigenvalue weighted by Gasteiger charge is 2.15. The van der Waals surface area contributed by atoms with Crippen LogP contribution in [0, 0.1) is 5.92 Å². The monoisotopic (exact) mass is 571 g/mol. The predicted molar refractivity (Wildman–Crippen MR) is 166 cm³/mol. The first-order valence-corrected chi connectivity index (χ1v) is 15.3. The fourth-order valence-corrected chi connectivity index (χ4v) is 5.71. The zero-order valence-electron chi connectivity index (χ0n) is 25.1. The third-order valence-corrected chi connectivity index (χ3v) is 7.73. The number of nitrogens with one attached hydrogen (secondary N) is 1. The second-order valence-electron chi connectivity index (χ2n) is 11.8. The number of morpholine rings is 1. The van der Waals surface area contributed by atoms with Crippen molar-refractivity contribution in [2.75, 3.05) is 59.2 Å². The van der Waals surface area contributed by atoms with Crippen molar-refractivity contribution in [2.45, 2.75) is 39.9 Å². The van der Waals surface area contributed by atoms with Gasteiger partial charge in [0, 0.05) is 57.8 Å². The van der Waals surface area contributed by atoms with Crippen LogP contribution in [0.4, 0.5) is 0 Å². The molecule has 7 nitrogen and oxygen atoms in total. The van der Waals surface area contributed by atoms with Crippen LogP contribution in [0.15, 0.2) is 66.7 Å². The average Bonchev–Trinajstić information content (AvgIpc) is 2.98. The smallest absolute Gasteiger partial charge is 0.251 e. The lowest BCUT2D eigenvalue weighted by Crippen LogP contribution is -2.35. The van der Waals surface area contributed by atoms with Crippen LogP contribution < -0.4 is 10.1 Å². The van der Waals surface area contributed by atoms with E-state index in [0.29, 0.717) is 44.3 Å². The average molecular weight is 572 g/mol. The lowest BCUT2D eigenvalue weighted by atomic mass is 9.99. The van der Waals surface area contributed by atoms with Crippen molar-refractivity contribution >= 4 is 5.91 Å². The lowest BCUT2D eigenvalue weighted by molar-refractivity contribution is 0.0342. The SMILES string of the molecule is CC(C)CN1CCOCCOc2ccc(C(=O)NCc3cccc(CN4CCOCC4)c3)cc2Cc2cccc(c2)C1. The molecule has 1 N–H and O–H groups in total. The molecular formula is C35H45N3O4. The maximum absolute atomic E-state index is 13.3. The summed E-state index contributed by atoms with van der Waals surface area (Å²) in [5.74, 6) is 1.30. The Morgan fingerprint density at radius 1 is 0.810 bits per heavy atom. The van der Waals surface area contributed by atoms with Crippen molar-refractivity contribution in [3.8, 4) is 5.75 Å². The molecule has 224 valence electrons. The van der Waals surface area contributed by atoms with Crippen LogP contribution in [-0.2, 0) is 35.5 Å². The molecule has 1 saturated heterocycles. The summed E-state index contributed by atoms with van der Waals surface area (Å²) in [7, 11) is 0. The summed E-state index contributed by atoms with van der Waals surface area (Å²) in [5, 5.41) is 3.12. The van der Waals surface area contributed by atoms with E-state index >= 15 is 0 Å². The van der Waals surface area contributed by atoms with Crippen molar-refractivity contribution < 1.29 is 19.0 Å². The Bertz CT molecular complexity index is 1300. The number of nitrogens with zero attached hydrogens (tertiary/aromatic N) is 2. The van der Waals surface area contributed by atoms with Gasteiger partial charge in [0.1, 0.15) is 12.4 Å². The number of hydrogen-bond acceptors (Lipinski definition) is 6. The van der Waals surface area contributed by atoms with Crippen LogP contribution in [0.1, 0.15) is 52.0 Å². The van der Waals surface area contributed by atoms with E-state index in [-0.39, 0.29) is 5.91 Å². The predicted octanol–water partition coefficient (Wildman–Crippen LogP) is 4.91. The summed E-state index contributed by atoms with van der Waals surface area (Å²) < 4.78 is 17.5. The quantitative estimate of drug-likeness (QED) is 0.435. The van der Waals surface area contributed by atoms with E-state index in [0.717, 1.165) is 69.4 Å². The lowest BCUT2D eigenvalue weighted by Gasteiger charge is -2.26. The normalized spacial score (nSPS) is 17.2. The Labute approximate surface area is 250 Å². The zero-order valence-corrected chi connectivity index (χ0v) is 25.1. The minimum absolute atomic E-state index is 0.0859. The fraction of sp³-hybridized carbons (Fsp3) is 0.457. The van der Waals surface area contributed by atoms with Gasteiger partial charge in [-0.2, -0.15) is 0 Å². The Kier molecular flexibility index (Phi) is 11.0. The van der Waals surface area contributed by atoms with Crippen LogP contribution in [0.25, 0.3) is 0 Å². The van der Waals surface area contributed by atoms with Crippen molar-refractivity contribution in [2.24, 2.45) is 5.92 Å². The second-order valence-corrected chi connectivity index (χ2v) is 11.8. The van der Waals surface area contributed by atoms with Crippen molar-refractivity contribution in [3.05, 3.63) is 100 Å². The van der Waals surface area contributed by atoms with Gasteiger partial charge in [-0.3, -0.25) is 14.6 Å². The van der Waals surface area contributed by atoms with Gasteiger partial charge in [-0.15, -0.1) is 0 Å². The highest BCUT2D eigenvalue weighted by atomic mass is 16.5. The molecule has 0 atom stereocenters. The van der Waals surface area contributed by atoms with Gasteiger partial charge < -0.3 is 19.5 Å². The van der Waals surface area contributed by atoms with Gasteiger partial charge in [-0.05, 0) is 51.9 Å². The number of ether oxygens (including phenoxy) is 3. The number of carbonyl (C=O) groups is 1. The standard InChI is InChI=1S/C35H45N3O4/c1-27(2)24-38-13-16-41-17-18-42-34-10-9-32(22-33(34)21-28-5-3-7-30(19-28)26-38)35(39)36-23-29-6-4-8-31(20-29)25-37-11-14-40-15-12-37/h3-10,19-20,22,27H,11-18,21,23-26H2,1-2H3,(H,36,39). The zero-order chi connectivity index (χ0) is 29.1. The molecule has 0 spiro atoms. The molecule has 42 heavy (non-hydrogen) atoms. The number of benzene rings is 3. The van der Waals surface area contributed by atoms with Crippen LogP contribution in [0.2, 0.25) is 0 Å². The Balaban J connectivity index is 1.27. The summed E-state index contributed by atoms with van der Waals surface area (Å²) in [6.07, 6.45) is 0.693. The number of rotatable bonds is 7. The van der Waals surface area contributed by atoms with Crippen molar-refractivity contribution in [1.29, 1.82) is 0 Å². The molecule has 3 aromatic carbocycles. The van der Waals surface area contributed by atoms with Gasteiger partial charge in [0.15, 0.2) is 0 Å². The molecule has 0 unspecified atom stereocenters. The summed E-state index contributed by atoms with van der Waals surface area (Å²) in [5.41, 5.74) is 6.49. The first-order valence-electron chi connectivity index (χ1n) is 15.3. The summed E-state index contributed by atoms with van der Waals surface area (Å²) in [6, 6.07) is 23.0. The largest absolute Gasteiger partial charge is 0.491 e. The topological polar surface area (TPSA) is 63.3 Å². The molecule has 7 heteroatoms. The molecule has 2 aliphatic rings. The first kappa shape index (κ1) is 30.2. The van der Waals surface area contributed by atoms with E-state index in [1.165, 1.54) is 16.7 Å². The van der Waals surface area contributed by atoms with Crippen molar-refractivity contribution in [3.63, 3.8) is 0 Å². The highest BCUT2D eigenvalue weighted by molar-refractivity contribution is 5.94. The maximum Gasteiger partial charge on any atom is 0.251 e. The van der Waals surface area contributed by atoms with E-state index in [1.54, 1.807) is 0 Å². The summed E-state index contributed by atoms with van der Waals surface area (Å²) >= 11 is 0. The maximum atomic E-state index is 13.3. The minimum atomic E-state index is -0.0859. The van der Waals surface area contributed by atoms with Crippen LogP contribution in [0.5, 0.6) is 5.75 Å². The molecule has 2 heterocycles. The molecule has 3 aromatic rings. The molecule has 5 rings (SSSR count). The van der Waals surface area contributed by atoms with Gasteiger partial charge in [0.25, 0.3) is 5.91 Å². The van der Waals surface area contributed by atoms with E-state index in [9.17, 15) is 4.79 Å². The van der Waals surface area contributed by atoms with E-state index in [1.807, 2.05) is 18.2 Å². The molecule has 2 bridgehead atoms. The molecule has 0 radical (unpaired) electrons. The Hall–Kier alpha value is -3.23. The fourth-order valence-electron chi connectivity index (χ4n) is 5.71. The third kappa shape index (κ3) is 9.13. The Morgan fingerprint density at radius 3 is 2.38 bits per heavy atom. The van der Waals surface area contributed by atoms with Crippen LogP contribution in [-0.4, -0.2) is 74.9 Å². The minimum Gasteiger partial charge on any atom is -0.491 e. The summed E-state index contributed by atoms with van der Waals surface area (Å²) in [4.78, 5) is 18.1. The van der Waals surface area contributed by atoms with Crippen LogP contribution >= 0.6 is 0 Å². The number of carbonyl (C=O) groups excluding carboxylic acids is 1. The molecule has 1 amide bonds. The van der Waals surface area contributed by atoms with Gasteiger partial charge in [0.05, 0.1) is 26.4 Å². The number of amides is 1. The molecule has 0 aromatic heterocycles. The third-order valence-electron chi connectivity index (χ3n) is 7.73. The molecule has 0 aliphatic carbocycles. The molecular weight excluding hydrogens is 526 g/mol. The highest BCUT2D eigenvalue weighted by Crippen LogP contribution is 2.25. The number of fused-ring (bicyclic) bond motifs is 3. The Morgan fingerprint density at radius 2 is 1.55 bits per heavy atom. The van der Waals surface area contributed by atoms with E-state index in [4.69, 9.17) is 14.2 Å². The van der Waals surface area contributed by atoms with Gasteiger partial charge in [-0.25, -0.2) is 0 Å². The summed E-state index contributed by atoms with van der Waals surface area (Å²) in [6.45, 7) is 13.9. The van der Waals surface area contributed by atoms with Gasteiger partial charge >= 0.3 is 0 Å². The van der Waals surface area contributed by atoms with E-state index in [2.05, 4.69) is 77.5 Å². The second kappa shape index (κ2) is 15.3. The molecule has 1 fully saturated rings. The van der Waals surface area contributed by atoms with Crippen LogP contribution in [0.3, 0.4) is 0 Å². The molecule has 0 saturated carbocycles. The molecule has 2 aliphatic heterocycles. The van der Waals surface area contributed by atoms with E-state index < -0.39 is 0 Å². The first-order chi connectivity index (χ1) is 20.5. The van der Waals surface area contributed by atoms with Crippen molar-refractivity contribution in [1.82, 2.24) is 15.1 Å². The number of hydrogen-bond donors (Lipinski definition) is 1. The van der Waals surface area contributed by atoms with Gasteiger partial charge in [0.2, 0.25) is 0 Å². The van der Waals surface area contributed by atoms with Gasteiger partial charge in [-0.1, -0.05) is 62.4 Å².